The van der Waals surface area contributed by atoms with Crippen molar-refractivity contribution in [1.29, 1.82) is 0 Å². The minimum atomic E-state index is -5.08. The zero-order valence-electron chi connectivity index (χ0n) is 23.7. The van der Waals surface area contributed by atoms with Crippen molar-refractivity contribution >= 4 is 33.8 Å². The quantitative estimate of drug-likeness (QED) is 0.278. The summed E-state index contributed by atoms with van der Waals surface area (Å²) in [5, 5.41) is 16.2. The summed E-state index contributed by atoms with van der Waals surface area (Å²) in [4.78, 5) is 29.4. The highest BCUT2D eigenvalue weighted by Gasteiger charge is 2.38. The molecule has 3 aromatic carbocycles. The Hall–Kier alpha value is -5.50. The van der Waals surface area contributed by atoms with E-state index >= 15 is 0 Å². The molecule has 0 saturated heterocycles. The maximum absolute atomic E-state index is 13.7. The van der Waals surface area contributed by atoms with Crippen molar-refractivity contribution in [3.05, 3.63) is 94.7 Å². The second-order valence-corrected chi connectivity index (χ2v) is 10.1. The van der Waals surface area contributed by atoms with Gasteiger partial charge in [0.05, 0.1) is 22.5 Å². The average molecular weight is 606 g/mol. The lowest BCUT2D eigenvalue weighted by molar-refractivity contribution is -0.192. The van der Waals surface area contributed by atoms with Gasteiger partial charge in [-0.1, -0.05) is 41.6 Å². The smallest absolute Gasteiger partial charge is 0.475 e. The van der Waals surface area contributed by atoms with Crippen LogP contribution in [0.5, 0.6) is 0 Å². The van der Waals surface area contributed by atoms with Gasteiger partial charge in [0.2, 0.25) is 0 Å². The number of hydrogen-bond donors (Lipinski definition) is 2. The third kappa shape index (κ3) is 5.87. The summed E-state index contributed by atoms with van der Waals surface area (Å²) in [6.07, 6.45) is -3.53. The van der Waals surface area contributed by atoms with Gasteiger partial charge in [-0.15, -0.1) is 0 Å². The molecule has 3 N–H and O–H groups in total. The van der Waals surface area contributed by atoms with Gasteiger partial charge in [-0.25, -0.2) is 14.5 Å². The Bertz CT molecular complexity index is 2040. The van der Waals surface area contributed by atoms with Crippen LogP contribution < -0.4 is 11.3 Å². The Morgan fingerprint density at radius 3 is 2.36 bits per heavy atom. The lowest BCUT2D eigenvalue weighted by Crippen LogP contribution is -2.21. The molecule has 0 spiro atoms. The standard InChI is InChI=1S/C28H25N7O2.C2HF3O2/c1-17-25-26(35(31-17)21-12-13-24-23(14-21)27(29)32-37-24)28(36)34(16-30-25)20-10-8-18(9-11-20)22-7-5-4-6-19(22)15-33(2)3;3-2(4,5)1(6)7/h4-14,16H,15H2,1-3H3,(H2,29,32);(H,6,7). The monoisotopic (exact) mass is 605 g/mol. The number of halogens is 3. The Labute approximate surface area is 247 Å². The van der Waals surface area contributed by atoms with Crippen LogP contribution in [-0.2, 0) is 11.3 Å². The molecule has 0 bridgehead atoms. The molecule has 3 heterocycles. The Morgan fingerprint density at radius 1 is 1.05 bits per heavy atom. The zero-order valence-corrected chi connectivity index (χ0v) is 23.7. The molecule has 0 aliphatic rings. The molecule has 0 amide bonds. The van der Waals surface area contributed by atoms with Crippen LogP contribution in [0, 0.1) is 6.92 Å². The van der Waals surface area contributed by atoms with E-state index in [1.807, 2.05) is 49.4 Å². The number of carboxylic acid groups (broad SMARTS) is 1. The number of rotatable bonds is 5. The molecule has 0 radical (unpaired) electrons. The fraction of sp³-hybridized carbons (Fsp3) is 0.167. The molecule has 44 heavy (non-hydrogen) atoms. The number of carbonyl (C=O) groups is 1. The number of nitrogens with two attached hydrogens (primary N) is 1. The lowest BCUT2D eigenvalue weighted by atomic mass is 9.99. The molecule has 0 aliphatic heterocycles. The summed E-state index contributed by atoms with van der Waals surface area (Å²) in [7, 11) is 4.11. The molecule has 0 aliphatic carbocycles. The van der Waals surface area contributed by atoms with Gasteiger partial charge in [0.1, 0.15) is 11.8 Å². The first-order valence-electron chi connectivity index (χ1n) is 13.1. The van der Waals surface area contributed by atoms with Gasteiger partial charge in [0, 0.05) is 6.54 Å². The number of carboxylic acids is 1. The molecule has 14 heteroatoms. The minimum Gasteiger partial charge on any atom is -0.475 e. The third-order valence-corrected chi connectivity index (χ3v) is 6.68. The summed E-state index contributed by atoms with van der Waals surface area (Å²) < 4.78 is 40.1. The van der Waals surface area contributed by atoms with Crippen LogP contribution in [0.15, 0.2) is 82.4 Å². The average Bonchev–Trinajstić information content (AvgIpc) is 3.52. The molecule has 3 aromatic heterocycles. The number of aryl methyl sites for hydroxylation is 1. The molecule has 0 unspecified atom stereocenters. The van der Waals surface area contributed by atoms with Crippen LogP contribution in [0.3, 0.4) is 0 Å². The predicted octanol–water partition coefficient (Wildman–Crippen LogP) is 4.97. The summed E-state index contributed by atoms with van der Waals surface area (Å²) in [6, 6.07) is 21.7. The van der Waals surface area contributed by atoms with Gasteiger partial charge in [0.15, 0.2) is 16.9 Å². The number of anilines is 1. The molecule has 6 aromatic rings. The van der Waals surface area contributed by atoms with Crippen LogP contribution >= 0.6 is 0 Å². The number of fused-ring (bicyclic) bond motifs is 2. The normalized spacial score (nSPS) is 11.6. The molecule has 0 fully saturated rings. The first-order valence-corrected chi connectivity index (χ1v) is 13.1. The third-order valence-electron chi connectivity index (χ3n) is 6.68. The fourth-order valence-corrected chi connectivity index (χ4v) is 4.68. The number of hydrogen-bond acceptors (Lipinski definition) is 8. The van der Waals surface area contributed by atoms with E-state index in [0.29, 0.717) is 33.4 Å². The Balaban J connectivity index is 0.000000493. The van der Waals surface area contributed by atoms with Gasteiger partial charge in [-0.2, -0.15) is 18.3 Å². The number of aromatic nitrogens is 5. The van der Waals surface area contributed by atoms with Gasteiger partial charge < -0.3 is 20.3 Å². The minimum absolute atomic E-state index is 0.218. The summed E-state index contributed by atoms with van der Waals surface area (Å²) in [5.74, 6) is -2.47. The van der Waals surface area contributed by atoms with E-state index in [1.165, 1.54) is 11.1 Å². The molecule has 6 rings (SSSR count). The zero-order chi connectivity index (χ0) is 31.8. The number of nitrogens with zero attached hydrogens (tertiary/aromatic N) is 6. The van der Waals surface area contributed by atoms with Crippen molar-refractivity contribution < 1.29 is 27.6 Å². The van der Waals surface area contributed by atoms with Crippen LogP contribution in [0.4, 0.5) is 19.0 Å². The predicted molar refractivity (Wildman–Crippen MR) is 158 cm³/mol. The van der Waals surface area contributed by atoms with Crippen molar-refractivity contribution in [2.24, 2.45) is 0 Å². The van der Waals surface area contributed by atoms with Gasteiger partial charge in [-0.3, -0.25) is 9.36 Å². The lowest BCUT2D eigenvalue weighted by Gasteiger charge is -2.15. The summed E-state index contributed by atoms with van der Waals surface area (Å²) >= 11 is 0. The molecule has 0 atom stereocenters. The summed E-state index contributed by atoms with van der Waals surface area (Å²) in [6.45, 7) is 2.68. The van der Waals surface area contributed by atoms with E-state index < -0.39 is 12.1 Å². The van der Waals surface area contributed by atoms with Crippen molar-refractivity contribution in [2.45, 2.75) is 19.6 Å². The van der Waals surface area contributed by atoms with E-state index in [-0.39, 0.29) is 11.4 Å². The van der Waals surface area contributed by atoms with Crippen molar-refractivity contribution in [2.75, 3.05) is 19.8 Å². The molecule has 11 nitrogen and oxygen atoms in total. The number of aliphatic carboxylic acids is 1. The van der Waals surface area contributed by atoms with Crippen LogP contribution in [0.25, 0.3) is 44.5 Å². The Kier molecular flexibility index (Phi) is 7.93. The first-order chi connectivity index (χ1) is 20.8. The van der Waals surface area contributed by atoms with E-state index in [2.05, 4.69) is 52.4 Å². The van der Waals surface area contributed by atoms with E-state index in [1.54, 1.807) is 21.6 Å². The van der Waals surface area contributed by atoms with Gasteiger partial charge >= 0.3 is 12.1 Å². The maximum Gasteiger partial charge on any atom is 0.490 e. The van der Waals surface area contributed by atoms with Crippen LogP contribution in [-0.4, -0.2) is 60.7 Å². The van der Waals surface area contributed by atoms with Gasteiger partial charge in [-0.05, 0) is 68.0 Å². The fourth-order valence-electron chi connectivity index (χ4n) is 4.68. The SMILES string of the molecule is Cc1nn(-c2ccc3onc(N)c3c2)c2c(=O)n(-c3ccc(-c4ccccc4CN(C)C)cc3)cnc12.O=C(O)C(F)(F)F. The van der Waals surface area contributed by atoms with Gasteiger partial charge in [0.25, 0.3) is 5.56 Å². The molecular weight excluding hydrogens is 579 g/mol. The van der Waals surface area contributed by atoms with Crippen molar-refractivity contribution in [3.8, 4) is 22.5 Å². The molecule has 0 saturated carbocycles. The highest BCUT2D eigenvalue weighted by atomic mass is 19.4. The number of alkyl halides is 3. The van der Waals surface area contributed by atoms with E-state index in [9.17, 15) is 18.0 Å². The maximum atomic E-state index is 13.7. The second-order valence-electron chi connectivity index (χ2n) is 10.1. The number of nitrogen functional groups attached to an aromatic ring is 1. The topological polar surface area (TPSA) is 145 Å². The molecular formula is C30H26F3N7O4. The van der Waals surface area contributed by atoms with Crippen LogP contribution in [0.1, 0.15) is 11.3 Å². The first kappa shape index (κ1) is 30.0. The van der Waals surface area contributed by atoms with Crippen LogP contribution in [0.2, 0.25) is 0 Å². The van der Waals surface area contributed by atoms with Crippen molar-refractivity contribution in [3.63, 3.8) is 0 Å². The molecule has 226 valence electrons. The highest BCUT2D eigenvalue weighted by Crippen LogP contribution is 2.27. The Morgan fingerprint density at radius 2 is 1.70 bits per heavy atom. The number of benzene rings is 3. The summed E-state index contributed by atoms with van der Waals surface area (Å²) in [5.41, 5.74) is 12.8. The highest BCUT2D eigenvalue weighted by molar-refractivity contribution is 5.89. The second kappa shape index (κ2) is 11.6. The van der Waals surface area contributed by atoms with E-state index in [4.69, 9.17) is 20.2 Å². The van der Waals surface area contributed by atoms with E-state index in [0.717, 1.165) is 17.8 Å². The van der Waals surface area contributed by atoms with Crippen molar-refractivity contribution in [1.82, 2.24) is 29.4 Å². The largest absolute Gasteiger partial charge is 0.490 e.